The smallest absolute Gasteiger partial charge is 0.358 e. The van der Waals surface area contributed by atoms with Gasteiger partial charge in [-0.15, -0.1) is 0 Å². The van der Waals surface area contributed by atoms with Gasteiger partial charge in [0.1, 0.15) is 0 Å². The quantitative estimate of drug-likeness (QED) is 0.738. The topological polar surface area (TPSA) is 64.6 Å². The highest BCUT2D eigenvalue weighted by atomic mass is 16.5. The number of esters is 1. The summed E-state index contributed by atoms with van der Waals surface area (Å²) in [6.07, 6.45) is 1.36. The number of ether oxygens (including phenoxy) is 2. The Bertz CT molecular complexity index is 419. The van der Waals surface area contributed by atoms with Crippen molar-refractivity contribution in [2.75, 3.05) is 32.7 Å². The maximum atomic E-state index is 11.4. The van der Waals surface area contributed by atoms with E-state index in [1.54, 1.807) is 4.90 Å². The van der Waals surface area contributed by atoms with Gasteiger partial charge < -0.3 is 14.4 Å². The Morgan fingerprint density at radius 2 is 2.11 bits per heavy atom. The summed E-state index contributed by atoms with van der Waals surface area (Å²) >= 11 is 0. The van der Waals surface area contributed by atoms with Gasteiger partial charge in [-0.05, 0) is 5.92 Å². The molecule has 0 N–H and O–H groups in total. The molecule has 0 aliphatic carbocycles. The van der Waals surface area contributed by atoms with E-state index in [4.69, 9.17) is 4.74 Å². The van der Waals surface area contributed by atoms with Crippen molar-refractivity contribution in [1.82, 2.24) is 9.97 Å². The molecule has 0 bridgehead atoms. The number of carbonyl (C=O) groups excluding carboxylic acids is 1. The molecule has 1 aromatic rings. The highest BCUT2D eigenvalue weighted by Gasteiger charge is 2.15. The Morgan fingerprint density at radius 3 is 2.61 bits per heavy atom. The number of hydrogen-bond acceptors (Lipinski definition) is 6. The van der Waals surface area contributed by atoms with Gasteiger partial charge in [0.15, 0.2) is 11.5 Å². The van der Waals surface area contributed by atoms with Crippen LogP contribution in [0.2, 0.25) is 0 Å². The zero-order valence-corrected chi connectivity index (χ0v) is 11.4. The predicted octanol–water partition coefficient (Wildman–Crippen LogP) is 1.36. The maximum absolute atomic E-state index is 11.4. The van der Waals surface area contributed by atoms with E-state index < -0.39 is 5.97 Å². The number of rotatable bonds is 5. The lowest BCUT2D eigenvalue weighted by Gasteiger charge is -2.16. The lowest BCUT2D eigenvalue weighted by atomic mass is 10.2. The van der Waals surface area contributed by atoms with Gasteiger partial charge in [0.25, 0.3) is 5.88 Å². The van der Waals surface area contributed by atoms with Crippen LogP contribution in [0.1, 0.15) is 24.3 Å². The average molecular weight is 253 g/mol. The number of anilines is 1. The molecular formula is C12H19N3O3. The molecule has 0 aromatic carbocycles. The fourth-order valence-corrected chi connectivity index (χ4v) is 1.21. The van der Waals surface area contributed by atoms with Crippen LogP contribution in [0, 0.1) is 5.92 Å². The van der Waals surface area contributed by atoms with Gasteiger partial charge in [-0.1, -0.05) is 13.8 Å². The zero-order chi connectivity index (χ0) is 13.7. The Morgan fingerprint density at radius 1 is 1.44 bits per heavy atom. The highest BCUT2D eigenvalue weighted by molar-refractivity contribution is 5.87. The molecule has 0 aliphatic rings. The van der Waals surface area contributed by atoms with Gasteiger partial charge in [0.05, 0.1) is 19.9 Å². The molecule has 0 saturated carbocycles. The fourth-order valence-electron chi connectivity index (χ4n) is 1.21. The van der Waals surface area contributed by atoms with E-state index in [0.717, 1.165) is 0 Å². The van der Waals surface area contributed by atoms with E-state index in [9.17, 15) is 4.79 Å². The predicted molar refractivity (Wildman–Crippen MR) is 68.0 cm³/mol. The molecule has 1 heterocycles. The summed E-state index contributed by atoms with van der Waals surface area (Å²) < 4.78 is 10.2. The molecular weight excluding hydrogens is 234 g/mol. The van der Waals surface area contributed by atoms with Crippen LogP contribution in [0.3, 0.4) is 0 Å². The molecule has 0 fully saturated rings. The molecule has 0 saturated heterocycles. The van der Waals surface area contributed by atoms with Crippen LogP contribution in [0.4, 0.5) is 5.82 Å². The van der Waals surface area contributed by atoms with Gasteiger partial charge in [-0.3, -0.25) is 0 Å². The largest absolute Gasteiger partial charge is 0.475 e. The molecule has 18 heavy (non-hydrogen) atoms. The first-order valence-corrected chi connectivity index (χ1v) is 5.71. The Labute approximate surface area is 107 Å². The highest BCUT2D eigenvalue weighted by Crippen LogP contribution is 2.22. The van der Waals surface area contributed by atoms with Crippen LogP contribution in [-0.4, -0.2) is 43.7 Å². The SMILES string of the molecule is COC(=O)c1cnc(OCC(C)C)c(N(C)C)n1. The summed E-state index contributed by atoms with van der Waals surface area (Å²) in [6, 6.07) is 0. The van der Waals surface area contributed by atoms with E-state index in [1.165, 1.54) is 13.3 Å². The van der Waals surface area contributed by atoms with Crippen molar-refractivity contribution in [3.8, 4) is 5.88 Å². The third-order valence-electron chi connectivity index (χ3n) is 2.09. The Hall–Kier alpha value is -1.85. The van der Waals surface area contributed by atoms with Crippen molar-refractivity contribution in [2.24, 2.45) is 5.92 Å². The van der Waals surface area contributed by atoms with Crippen LogP contribution in [0.5, 0.6) is 5.88 Å². The van der Waals surface area contributed by atoms with Crippen LogP contribution in [0.25, 0.3) is 0 Å². The van der Waals surface area contributed by atoms with Gasteiger partial charge in [-0.25, -0.2) is 14.8 Å². The van der Waals surface area contributed by atoms with Crippen molar-refractivity contribution < 1.29 is 14.3 Å². The number of hydrogen-bond donors (Lipinski definition) is 0. The molecule has 6 heteroatoms. The first kappa shape index (κ1) is 14.2. The van der Waals surface area contributed by atoms with Crippen molar-refractivity contribution in [1.29, 1.82) is 0 Å². The van der Waals surface area contributed by atoms with Gasteiger partial charge >= 0.3 is 5.97 Å². The Kier molecular flexibility index (Phi) is 4.88. The summed E-state index contributed by atoms with van der Waals surface area (Å²) in [6.45, 7) is 4.64. The molecule has 1 rings (SSSR count). The van der Waals surface area contributed by atoms with E-state index in [-0.39, 0.29) is 5.69 Å². The van der Waals surface area contributed by atoms with Crippen molar-refractivity contribution in [3.63, 3.8) is 0 Å². The second kappa shape index (κ2) is 6.18. The minimum absolute atomic E-state index is 0.165. The zero-order valence-electron chi connectivity index (χ0n) is 11.4. The molecule has 6 nitrogen and oxygen atoms in total. The molecule has 1 aromatic heterocycles. The summed E-state index contributed by atoms with van der Waals surface area (Å²) in [7, 11) is 4.93. The monoisotopic (exact) mass is 253 g/mol. The van der Waals surface area contributed by atoms with E-state index in [0.29, 0.717) is 24.2 Å². The average Bonchev–Trinajstić information content (AvgIpc) is 2.34. The van der Waals surface area contributed by atoms with Crippen molar-refractivity contribution in [2.45, 2.75) is 13.8 Å². The number of methoxy groups -OCH3 is 1. The lowest BCUT2D eigenvalue weighted by Crippen LogP contribution is -2.17. The number of nitrogens with zero attached hydrogens (tertiary/aromatic N) is 3. The molecule has 0 atom stereocenters. The second-order valence-electron chi connectivity index (χ2n) is 4.47. The third kappa shape index (κ3) is 3.58. The summed E-state index contributed by atoms with van der Waals surface area (Å²) in [5.41, 5.74) is 0.165. The third-order valence-corrected chi connectivity index (χ3v) is 2.09. The second-order valence-corrected chi connectivity index (χ2v) is 4.47. The van der Waals surface area contributed by atoms with E-state index in [2.05, 4.69) is 14.7 Å². The number of carbonyl (C=O) groups is 1. The van der Waals surface area contributed by atoms with E-state index >= 15 is 0 Å². The molecule has 0 amide bonds. The summed E-state index contributed by atoms with van der Waals surface area (Å²) in [4.78, 5) is 21.4. The first-order valence-electron chi connectivity index (χ1n) is 5.71. The molecule has 0 radical (unpaired) electrons. The van der Waals surface area contributed by atoms with E-state index in [1.807, 2.05) is 27.9 Å². The normalized spacial score (nSPS) is 10.3. The molecule has 0 spiro atoms. The minimum atomic E-state index is -0.513. The van der Waals surface area contributed by atoms with Crippen LogP contribution in [0.15, 0.2) is 6.20 Å². The minimum Gasteiger partial charge on any atom is -0.475 e. The standard InChI is InChI=1S/C12H19N3O3/c1-8(2)7-18-11-10(15(3)4)14-9(6-13-11)12(16)17-5/h6,8H,7H2,1-5H3. The van der Waals surface area contributed by atoms with Crippen LogP contribution < -0.4 is 9.64 Å². The van der Waals surface area contributed by atoms with Gasteiger partial charge in [-0.2, -0.15) is 0 Å². The van der Waals surface area contributed by atoms with Crippen LogP contribution in [-0.2, 0) is 4.74 Å². The van der Waals surface area contributed by atoms with Crippen molar-refractivity contribution >= 4 is 11.8 Å². The van der Waals surface area contributed by atoms with Gasteiger partial charge in [0.2, 0.25) is 0 Å². The lowest BCUT2D eigenvalue weighted by molar-refractivity contribution is 0.0593. The van der Waals surface area contributed by atoms with Crippen molar-refractivity contribution in [3.05, 3.63) is 11.9 Å². The molecule has 100 valence electrons. The first-order chi connectivity index (χ1) is 8.45. The van der Waals surface area contributed by atoms with Crippen LogP contribution >= 0.6 is 0 Å². The molecule has 0 unspecified atom stereocenters. The summed E-state index contributed by atoms with van der Waals surface area (Å²) in [5, 5.41) is 0. The maximum Gasteiger partial charge on any atom is 0.358 e. The summed E-state index contributed by atoms with van der Waals surface area (Å²) in [5.74, 6) is 0.808. The Balaban J connectivity index is 3.01. The fraction of sp³-hybridized carbons (Fsp3) is 0.583. The van der Waals surface area contributed by atoms with Gasteiger partial charge in [0, 0.05) is 14.1 Å². The number of aromatic nitrogens is 2. The molecule has 0 aliphatic heterocycles.